The fraction of sp³-hybridized carbons (Fsp3) is 0.556. The van der Waals surface area contributed by atoms with Gasteiger partial charge in [0.05, 0.1) is 0 Å². The molecule has 1 atom stereocenters. The second-order valence-electron chi connectivity index (χ2n) is 6.65. The third-order valence-corrected chi connectivity index (χ3v) is 4.84. The third-order valence-electron chi connectivity index (χ3n) is 4.84. The largest absolute Gasteiger partial charge is 0.369 e. The van der Waals surface area contributed by atoms with E-state index in [4.69, 9.17) is 0 Å². The van der Waals surface area contributed by atoms with E-state index in [1.54, 1.807) is 0 Å². The maximum Gasteiger partial charge on any atom is 0.251 e. The lowest BCUT2D eigenvalue weighted by atomic mass is 10.1. The summed E-state index contributed by atoms with van der Waals surface area (Å²) in [6, 6.07) is 7.26. The van der Waals surface area contributed by atoms with Crippen molar-refractivity contribution in [3.8, 4) is 0 Å². The summed E-state index contributed by atoms with van der Waals surface area (Å²) in [7, 11) is 2.13. The summed E-state index contributed by atoms with van der Waals surface area (Å²) >= 11 is 0. The Morgan fingerprint density at radius 1 is 1.12 bits per heavy atom. The molecule has 24 heavy (non-hydrogen) atoms. The zero-order valence-electron chi connectivity index (χ0n) is 14.3. The highest BCUT2D eigenvalue weighted by Crippen LogP contribution is 2.17. The fourth-order valence-corrected chi connectivity index (χ4v) is 3.21. The van der Waals surface area contributed by atoms with Crippen LogP contribution in [0.1, 0.15) is 29.6 Å². The minimum atomic E-state index is -0.419. The monoisotopic (exact) mass is 330 g/mol. The maximum atomic E-state index is 12.4. The second kappa shape index (κ2) is 7.66. The molecule has 0 radical (unpaired) electrons. The van der Waals surface area contributed by atoms with Crippen LogP contribution in [-0.2, 0) is 4.79 Å². The molecule has 2 amide bonds. The van der Waals surface area contributed by atoms with Gasteiger partial charge in [-0.05, 0) is 50.6 Å². The summed E-state index contributed by atoms with van der Waals surface area (Å²) in [5, 5.41) is 5.70. The molecule has 6 heteroatoms. The number of carbonyl (C=O) groups excluding carboxylic acids is 2. The first-order chi connectivity index (χ1) is 11.6. The summed E-state index contributed by atoms with van der Waals surface area (Å²) in [4.78, 5) is 29.0. The van der Waals surface area contributed by atoms with Crippen molar-refractivity contribution in [1.82, 2.24) is 15.5 Å². The van der Waals surface area contributed by atoms with E-state index in [0.717, 1.165) is 44.7 Å². The number of likely N-dealkylation sites (N-methyl/N-ethyl adjacent to an activating group) is 1. The van der Waals surface area contributed by atoms with Gasteiger partial charge in [-0.15, -0.1) is 0 Å². The number of hydrogen-bond acceptors (Lipinski definition) is 4. The van der Waals surface area contributed by atoms with Gasteiger partial charge >= 0.3 is 0 Å². The Balaban J connectivity index is 1.60. The van der Waals surface area contributed by atoms with Gasteiger partial charge in [0.25, 0.3) is 5.91 Å². The highest BCUT2D eigenvalue weighted by molar-refractivity contribution is 5.97. The van der Waals surface area contributed by atoms with Gasteiger partial charge in [-0.2, -0.15) is 0 Å². The Morgan fingerprint density at radius 3 is 2.54 bits per heavy atom. The average Bonchev–Trinajstić information content (AvgIpc) is 2.80. The molecule has 2 aliphatic rings. The molecule has 1 unspecified atom stereocenters. The van der Waals surface area contributed by atoms with Gasteiger partial charge in [0.15, 0.2) is 0 Å². The number of nitrogens with zero attached hydrogens (tertiary/aromatic N) is 2. The van der Waals surface area contributed by atoms with E-state index in [1.807, 2.05) is 24.3 Å². The summed E-state index contributed by atoms with van der Waals surface area (Å²) in [6.45, 7) is 4.82. The molecule has 1 aromatic carbocycles. The number of nitrogens with one attached hydrogen (secondary N) is 2. The van der Waals surface area contributed by atoms with Gasteiger partial charge in [0.2, 0.25) is 5.91 Å². The molecule has 2 N–H and O–H groups in total. The molecule has 3 rings (SSSR count). The van der Waals surface area contributed by atoms with Crippen LogP contribution >= 0.6 is 0 Å². The molecule has 2 saturated heterocycles. The molecule has 0 spiro atoms. The SMILES string of the molecule is CN1CCN(c2ccc(C(=O)NC3CCCCNC3=O)cc2)CC1. The average molecular weight is 330 g/mol. The Morgan fingerprint density at radius 2 is 1.83 bits per heavy atom. The first-order valence-corrected chi connectivity index (χ1v) is 8.75. The van der Waals surface area contributed by atoms with E-state index in [-0.39, 0.29) is 11.8 Å². The first kappa shape index (κ1) is 16.8. The summed E-state index contributed by atoms with van der Waals surface area (Å²) in [6.07, 6.45) is 2.63. The molecule has 0 aliphatic carbocycles. The molecule has 6 nitrogen and oxygen atoms in total. The van der Waals surface area contributed by atoms with Crippen molar-refractivity contribution < 1.29 is 9.59 Å². The lowest BCUT2D eigenvalue weighted by Gasteiger charge is -2.34. The van der Waals surface area contributed by atoms with Crippen LogP contribution in [0.4, 0.5) is 5.69 Å². The Hall–Kier alpha value is -2.08. The van der Waals surface area contributed by atoms with Crippen LogP contribution in [0.25, 0.3) is 0 Å². The van der Waals surface area contributed by atoms with Crippen LogP contribution in [0, 0.1) is 0 Å². The second-order valence-corrected chi connectivity index (χ2v) is 6.65. The van der Waals surface area contributed by atoms with E-state index in [1.165, 1.54) is 0 Å². The van der Waals surface area contributed by atoms with Crippen LogP contribution in [0.5, 0.6) is 0 Å². The third kappa shape index (κ3) is 4.06. The van der Waals surface area contributed by atoms with Crippen LogP contribution in [0.2, 0.25) is 0 Å². The molecule has 1 aromatic rings. The Bertz CT molecular complexity index is 579. The van der Waals surface area contributed by atoms with E-state index in [0.29, 0.717) is 18.5 Å². The predicted octanol–water partition coefficient (Wildman–Crippen LogP) is 0.837. The molecule has 0 aromatic heterocycles. The van der Waals surface area contributed by atoms with Gasteiger partial charge in [0, 0.05) is 44.0 Å². The topological polar surface area (TPSA) is 64.7 Å². The van der Waals surface area contributed by atoms with Crippen molar-refractivity contribution in [3.63, 3.8) is 0 Å². The number of carbonyl (C=O) groups is 2. The van der Waals surface area contributed by atoms with Gasteiger partial charge in [-0.25, -0.2) is 0 Å². The standard InChI is InChI=1S/C18H26N4O2/c1-21-10-12-22(13-11-21)15-7-5-14(6-8-15)17(23)20-16-4-2-3-9-19-18(16)24/h5-8,16H,2-4,9-13H2,1H3,(H,19,24)(H,20,23). The number of anilines is 1. The predicted molar refractivity (Wildman–Crippen MR) is 94.3 cm³/mol. The number of benzene rings is 1. The smallest absolute Gasteiger partial charge is 0.251 e. The van der Waals surface area contributed by atoms with E-state index >= 15 is 0 Å². The van der Waals surface area contributed by atoms with Gasteiger partial charge in [-0.1, -0.05) is 0 Å². The number of hydrogen-bond donors (Lipinski definition) is 2. The van der Waals surface area contributed by atoms with Gasteiger partial charge in [0.1, 0.15) is 6.04 Å². The Kier molecular flexibility index (Phi) is 5.35. The minimum absolute atomic E-state index is 0.0742. The first-order valence-electron chi connectivity index (χ1n) is 8.75. The van der Waals surface area contributed by atoms with Crippen molar-refractivity contribution in [1.29, 1.82) is 0 Å². The number of rotatable bonds is 3. The minimum Gasteiger partial charge on any atom is -0.369 e. The van der Waals surface area contributed by atoms with Crippen molar-refractivity contribution in [2.45, 2.75) is 25.3 Å². The normalized spacial score (nSPS) is 22.6. The highest BCUT2D eigenvalue weighted by atomic mass is 16.2. The van der Waals surface area contributed by atoms with E-state index < -0.39 is 6.04 Å². The zero-order valence-corrected chi connectivity index (χ0v) is 14.3. The van der Waals surface area contributed by atoms with Crippen molar-refractivity contribution >= 4 is 17.5 Å². The molecular weight excluding hydrogens is 304 g/mol. The molecule has 2 aliphatic heterocycles. The van der Waals surface area contributed by atoms with Gasteiger partial charge in [-0.3, -0.25) is 9.59 Å². The molecule has 130 valence electrons. The maximum absolute atomic E-state index is 12.4. The molecule has 2 heterocycles. The van der Waals surface area contributed by atoms with E-state index in [2.05, 4.69) is 27.5 Å². The lowest BCUT2D eigenvalue weighted by molar-refractivity contribution is -0.122. The Labute approximate surface area is 143 Å². The zero-order chi connectivity index (χ0) is 16.9. The highest BCUT2D eigenvalue weighted by Gasteiger charge is 2.23. The van der Waals surface area contributed by atoms with Gasteiger partial charge < -0.3 is 20.4 Å². The fourth-order valence-electron chi connectivity index (χ4n) is 3.21. The van der Waals surface area contributed by atoms with Crippen LogP contribution < -0.4 is 15.5 Å². The molecule has 2 fully saturated rings. The quantitative estimate of drug-likeness (QED) is 0.862. The van der Waals surface area contributed by atoms with E-state index in [9.17, 15) is 9.59 Å². The van der Waals surface area contributed by atoms with Crippen molar-refractivity contribution in [2.75, 3.05) is 44.7 Å². The van der Waals surface area contributed by atoms with Crippen LogP contribution in [-0.4, -0.2) is 62.5 Å². The molecule has 0 bridgehead atoms. The number of amides is 2. The summed E-state index contributed by atoms with van der Waals surface area (Å²) in [5.41, 5.74) is 1.75. The summed E-state index contributed by atoms with van der Waals surface area (Å²) in [5.74, 6) is -0.253. The van der Waals surface area contributed by atoms with Crippen LogP contribution in [0.15, 0.2) is 24.3 Å². The number of piperazine rings is 1. The molecule has 0 saturated carbocycles. The van der Waals surface area contributed by atoms with Crippen molar-refractivity contribution in [3.05, 3.63) is 29.8 Å². The van der Waals surface area contributed by atoms with Crippen molar-refractivity contribution in [2.24, 2.45) is 0 Å². The summed E-state index contributed by atoms with van der Waals surface area (Å²) < 4.78 is 0. The van der Waals surface area contributed by atoms with Crippen LogP contribution in [0.3, 0.4) is 0 Å². The molecular formula is C18H26N4O2. The lowest BCUT2D eigenvalue weighted by Crippen LogP contribution is -2.45.